The number of esters is 1. The second-order valence-corrected chi connectivity index (χ2v) is 7.19. The Hall–Kier alpha value is -3.87. The van der Waals surface area contributed by atoms with Crippen LogP contribution in [0.25, 0.3) is 33.8 Å². The molecule has 0 N–H and O–H groups in total. The predicted molar refractivity (Wildman–Crippen MR) is 114 cm³/mol. The van der Waals surface area contributed by atoms with Gasteiger partial charge in [0.2, 0.25) is 5.89 Å². The van der Waals surface area contributed by atoms with Crippen molar-refractivity contribution >= 4 is 5.97 Å². The number of halogens is 3. The van der Waals surface area contributed by atoms with Crippen molar-refractivity contribution in [2.24, 2.45) is 0 Å². The maximum absolute atomic E-state index is 12.8. The van der Waals surface area contributed by atoms with Crippen LogP contribution in [0.3, 0.4) is 0 Å². The number of oxazole rings is 1. The Morgan fingerprint density at radius 2 is 1.31 bits per heavy atom. The summed E-state index contributed by atoms with van der Waals surface area (Å²) in [5, 5.41) is 0. The second kappa shape index (κ2) is 8.34. The zero-order chi connectivity index (χ0) is 22.9. The highest BCUT2D eigenvalue weighted by atomic mass is 19.4. The number of hydrogen-bond acceptors (Lipinski definition) is 4. The summed E-state index contributed by atoms with van der Waals surface area (Å²) in [5.41, 5.74) is 3.11. The summed E-state index contributed by atoms with van der Waals surface area (Å²) in [6.07, 6.45) is -4.39. The molecule has 0 bridgehead atoms. The van der Waals surface area contributed by atoms with Gasteiger partial charge in [-0.1, -0.05) is 36.4 Å². The van der Waals surface area contributed by atoms with E-state index in [0.717, 1.165) is 28.8 Å². The van der Waals surface area contributed by atoms with Gasteiger partial charge >= 0.3 is 12.1 Å². The quantitative estimate of drug-likeness (QED) is 0.257. The lowest BCUT2D eigenvalue weighted by atomic mass is 10.0. The number of rotatable bonds is 4. The van der Waals surface area contributed by atoms with E-state index in [0.29, 0.717) is 22.8 Å². The minimum absolute atomic E-state index is 0.261. The number of aryl methyl sites for hydroxylation is 1. The number of aromatic nitrogens is 1. The molecule has 32 heavy (non-hydrogen) atoms. The topological polar surface area (TPSA) is 52.3 Å². The minimum Gasteiger partial charge on any atom is -0.441 e. The number of carbonyl (C=O) groups excluding carboxylic acids is 1. The number of benzene rings is 3. The fraction of sp³-hybridized carbons (Fsp3) is 0.120. The molecule has 0 saturated carbocycles. The fourth-order valence-electron chi connectivity index (χ4n) is 3.29. The molecule has 0 aliphatic carbocycles. The molecule has 1 heterocycles. The van der Waals surface area contributed by atoms with Crippen molar-refractivity contribution in [2.75, 3.05) is 0 Å². The van der Waals surface area contributed by atoms with Gasteiger partial charge in [-0.05, 0) is 54.4 Å². The van der Waals surface area contributed by atoms with E-state index in [4.69, 9.17) is 9.15 Å². The zero-order valence-electron chi connectivity index (χ0n) is 17.2. The summed E-state index contributed by atoms with van der Waals surface area (Å²) < 4.78 is 49.1. The summed E-state index contributed by atoms with van der Waals surface area (Å²) in [6.45, 7) is 3.11. The molecule has 0 radical (unpaired) electrons. The number of carbonyl (C=O) groups is 1. The lowest BCUT2D eigenvalue weighted by Crippen LogP contribution is -2.03. The SMILES string of the molecule is CC(=O)Oc1ccc(-c2ccc(-c3nc(-c4ccc(C(F)(F)F)cc4)oc3C)cc2)cc1. The highest BCUT2D eigenvalue weighted by molar-refractivity contribution is 5.72. The molecule has 4 rings (SSSR count). The van der Waals surface area contributed by atoms with Gasteiger partial charge in [0.15, 0.2) is 0 Å². The van der Waals surface area contributed by atoms with E-state index < -0.39 is 11.7 Å². The van der Waals surface area contributed by atoms with E-state index in [2.05, 4.69) is 4.98 Å². The Morgan fingerprint density at radius 1 is 0.812 bits per heavy atom. The van der Waals surface area contributed by atoms with Crippen LogP contribution >= 0.6 is 0 Å². The largest absolute Gasteiger partial charge is 0.441 e. The van der Waals surface area contributed by atoms with Crippen molar-refractivity contribution in [3.63, 3.8) is 0 Å². The van der Waals surface area contributed by atoms with Crippen molar-refractivity contribution < 1.29 is 27.1 Å². The average molecular weight is 437 g/mol. The summed E-state index contributed by atoms with van der Waals surface area (Å²) in [4.78, 5) is 15.5. The monoisotopic (exact) mass is 437 g/mol. The van der Waals surface area contributed by atoms with E-state index in [1.165, 1.54) is 19.1 Å². The first-order valence-corrected chi connectivity index (χ1v) is 9.75. The molecule has 162 valence electrons. The molecule has 0 spiro atoms. The van der Waals surface area contributed by atoms with E-state index in [1.54, 1.807) is 19.1 Å². The standard InChI is InChI=1S/C25H18F3NO3/c1-15-23(29-24(31-15)20-7-11-21(12-8-20)25(26,27)28)19-5-3-17(4-6-19)18-9-13-22(14-10-18)32-16(2)30/h3-14H,1-2H3. The third-order valence-electron chi connectivity index (χ3n) is 4.86. The number of alkyl halides is 3. The number of ether oxygens (including phenoxy) is 1. The number of nitrogens with zero attached hydrogens (tertiary/aromatic N) is 1. The van der Waals surface area contributed by atoms with Gasteiger partial charge in [0.25, 0.3) is 0 Å². The molecule has 1 aromatic heterocycles. The third-order valence-corrected chi connectivity index (χ3v) is 4.86. The van der Waals surface area contributed by atoms with Crippen molar-refractivity contribution in [1.29, 1.82) is 0 Å². The second-order valence-electron chi connectivity index (χ2n) is 7.19. The summed E-state index contributed by atoms with van der Waals surface area (Å²) >= 11 is 0. The van der Waals surface area contributed by atoms with E-state index in [1.807, 2.05) is 36.4 Å². The maximum Gasteiger partial charge on any atom is 0.416 e. The van der Waals surface area contributed by atoms with Crippen LogP contribution in [0.5, 0.6) is 5.75 Å². The summed E-state index contributed by atoms with van der Waals surface area (Å²) in [6, 6.07) is 19.5. The highest BCUT2D eigenvalue weighted by Crippen LogP contribution is 2.33. The van der Waals surface area contributed by atoms with Crippen molar-refractivity contribution in [3.05, 3.63) is 84.1 Å². The Kier molecular flexibility index (Phi) is 5.57. The molecule has 0 atom stereocenters. The predicted octanol–water partition coefficient (Wildman–Crippen LogP) is 6.93. The van der Waals surface area contributed by atoms with Gasteiger partial charge < -0.3 is 9.15 Å². The van der Waals surface area contributed by atoms with Gasteiger partial charge in [-0.25, -0.2) is 4.98 Å². The molecule has 3 aromatic carbocycles. The first kappa shape index (κ1) is 21.4. The summed E-state index contributed by atoms with van der Waals surface area (Å²) in [7, 11) is 0. The molecule has 0 saturated heterocycles. The van der Waals surface area contributed by atoms with Crippen LogP contribution in [-0.2, 0) is 11.0 Å². The number of hydrogen-bond donors (Lipinski definition) is 0. The lowest BCUT2D eigenvalue weighted by molar-refractivity contribution is -0.137. The third kappa shape index (κ3) is 4.56. The Bertz CT molecular complexity index is 1240. The average Bonchev–Trinajstić information content (AvgIpc) is 3.15. The highest BCUT2D eigenvalue weighted by Gasteiger charge is 2.30. The van der Waals surface area contributed by atoms with Crippen LogP contribution in [0.4, 0.5) is 13.2 Å². The van der Waals surface area contributed by atoms with Crippen molar-refractivity contribution in [2.45, 2.75) is 20.0 Å². The van der Waals surface area contributed by atoms with Crippen LogP contribution in [0.15, 0.2) is 77.2 Å². The van der Waals surface area contributed by atoms with Crippen LogP contribution in [0, 0.1) is 6.92 Å². The molecular weight excluding hydrogens is 419 g/mol. The van der Waals surface area contributed by atoms with Gasteiger partial charge in [0.1, 0.15) is 17.2 Å². The van der Waals surface area contributed by atoms with Crippen molar-refractivity contribution in [3.8, 4) is 39.6 Å². The van der Waals surface area contributed by atoms with E-state index in [9.17, 15) is 18.0 Å². The van der Waals surface area contributed by atoms with Gasteiger partial charge in [0, 0.05) is 18.1 Å². The van der Waals surface area contributed by atoms with Crippen LogP contribution in [0.2, 0.25) is 0 Å². The Morgan fingerprint density at radius 3 is 1.84 bits per heavy atom. The first-order chi connectivity index (χ1) is 15.2. The van der Waals surface area contributed by atoms with E-state index >= 15 is 0 Å². The van der Waals surface area contributed by atoms with Crippen molar-refractivity contribution in [1.82, 2.24) is 4.98 Å². The first-order valence-electron chi connectivity index (χ1n) is 9.75. The summed E-state index contributed by atoms with van der Waals surface area (Å²) in [5.74, 6) is 0.933. The molecule has 0 fully saturated rings. The van der Waals surface area contributed by atoms with Crippen LogP contribution in [-0.4, -0.2) is 11.0 Å². The normalized spacial score (nSPS) is 11.4. The molecule has 4 nitrogen and oxygen atoms in total. The lowest BCUT2D eigenvalue weighted by Gasteiger charge is -2.06. The van der Waals surface area contributed by atoms with Gasteiger partial charge in [0.05, 0.1) is 5.56 Å². The smallest absolute Gasteiger partial charge is 0.416 e. The molecule has 0 unspecified atom stereocenters. The Labute approximate surface area is 182 Å². The van der Waals surface area contributed by atoms with Gasteiger partial charge in [-0.3, -0.25) is 4.79 Å². The fourth-order valence-corrected chi connectivity index (χ4v) is 3.29. The zero-order valence-corrected chi connectivity index (χ0v) is 17.2. The Balaban J connectivity index is 1.56. The molecule has 4 aromatic rings. The molecule has 0 aliphatic heterocycles. The molecular formula is C25H18F3NO3. The molecule has 0 amide bonds. The molecule has 0 aliphatic rings. The van der Waals surface area contributed by atoms with Crippen LogP contribution in [0.1, 0.15) is 18.2 Å². The van der Waals surface area contributed by atoms with Gasteiger partial charge in [-0.2, -0.15) is 13.2 Å². The maximum atomic E-state index is 12.8. The van der Waals surface area contributed by atoms with Crippen LogP contribution < -0.4 is 4.74 Å². The molecule has 7 heteroatoms. The minimum atomic E-state index is -4.39. The van der Waals surface area contributed by atoms with E-state index in [-0.39, 0.29) is 11.9 Å². The van der Waals surface area contributed by atoms with Gasteiger partial charge in [-0.15, -0.1) is 0 Å².